The van der Waals surface area contributed by atoms with Gasteiger partial charge in [-0.2, -0.15) is 5.10 Å². The fourth-order valence-electron chi connectivity index (χ4n) is 3.02. The first-order chi connectivity index (χ1) is 12.3. The summed E-state index contributed by atoms with van der Waals surface area (Å²) in [5, 5.41) is 15.7. The van der Waals surface area contributed by atoms with Crippen LogP contribution < -0.4 is 15.8 Å². The summed E-state index contributed by atoms with van der Waals surface area (Å²) in [4.78, 5) is 12.5. The summed E-state index contributed by atoms with van der Waals surface area (Å²) in [6.45, 7) is 3.70. The van der Waals surface area contributed by atoms with E-state index in [0.717, 1.165) is 31.5 Å². The number of hydrogen-bond donors (Lipinski definition) is 3. The summed E-state index contributed by atoms with van der Waals surface area (Å²) < 4.78 is 24.4. The second kappa shape index (κ2) is 7.56. The lowest BCUT2D eigenvalue weighted by molar-refractivity contribution is 0.0933. The maximum Gasteiger partial charge on any atom is 0.272 e. The minimum Gasteiger partial charge on any atom is -0.344 e. The van der Waals surface area contributed by atoms with Crippen LogP contribution in [0.15, 0.2) is 41.4 Å². The molecule has 2 aromatic rings. The Labute approximate surface area is 152 Å². The molecule has 9 heteroatoms. The highest BCUT2D eigenvalue weighted by atomic mass is 32.2. The predicted molar refractivity (Wildman–Crippen MR) is 97.1 cm³/mol. The smallest absolute Gasteiger partial charge is 0.272 e. The number of nitrogens with two attached hydrogens (primary N) is 1. The van der Waals surface area contributed by atoms with Crippen molar-refractivity contribution in [1.82, 2.24) is 20.4 Å². The first kappa shape index (κ1) is 18.6. The average molecular weight is 377 g/mol. The second-order valence-electron chi connectivity index (χ2n) is 6.49. The van der Waals surface area contributed by atoms with Crippen molar-refractivity contribution in [2.24, 2.45) is 5.14 Å². The van der Waals surface area contributed by atoms with Gasteiger partial charge in [-0.25, -0.2) is 13.6 Å². The van der Waals surface area contributed by atoms with Gasteiger partial charge in [0.15, 0.2) is 0 Å². The number of piperidine rings is 1. The first-order valence-electron chi connectivity index (χ1n) is 8.54. The number of carbonyl (C=O) groups is 1. The molecule has 1 amide bonds. The molecule has 1 saturated heterocycles. The Bertz CT molecular complexity index is 870. The summed E-state index contributed by atoms with van der Waals surface area (Å²) in [5.41, 5.74) is 1.14. The van der Waals surface area contributed by atoms with Crippen molar-refractivity contribution >= 4 is 15.9 Å². The molecule has 3 rings (SSSR count). The van der Waals surface area contributed by atoms with Crippen molar-refractivity contribution in [2.75, 3.05) is 13.1 Å². The van der Waals surface area contributed by atoms with E-state index in [2.05, 4.69) is 15.7 Å². The zero-order valence-electron chi connectivity index (χ0n) is 14.6. The number of rotatable bonds is 5. The Balaban J connectivity index is 1.65. The lowest BCUT2D eigenvalue weighted by Gasteiger charge is -2.22. The molecule has 1 aliphatic heterocycles. The highest BCUT2D eigenvalue weighted by molar-refractivity contribution is 7.89. The zero-order chi connectivity index (χ0) is 18.7. The van der Waals surface area contributed by atoms with E-state index in [-0.39, 0.29) is 22.9 Å². The van der Waals surface area contributed by atoms with Crippen LogP contribution in [-0.4, -0.2) is 37.2 Å². The maximum atomic E-state index is 12.4. The summed E-state index contributed by atoms with van der Waals surface area (Å²) in [5.74, 6) is -0.268. The third-order valence-corrected chi connectivity index (χ3v) is 5.47. The number of sulfonamides is 1. The molecule has 0 radical (unpaired) electrons. The van der Waals surface area contributed by atoms with Crippen LogP contribution in [0.3, 0.4) is 0 Å². The van der Waals surface area contributed by atoms with Crippen LogP contribution in [0.4, 0.5) is 0 Å². The lowest BCUT2D eigenvalue weighted by Crippen LogP contribution is -2.32. The highest BCUT2D eigenvalue weighted by Crippen LogP contribution is 2.18. The fourth-order valence-corrected chi connectivity index (χ4v) is 3.54. The van der Waals surface area contributed by atoms with Crippen LogP contribution in [0.5, 0.6) is 0 Å². The SMILES string of the molecule is CC(NC(=O)c1ccn(C2CCCNC2)n1)c1ccc(S(N)(=O)=O)cc1. The molecule has 1 fully saturated rings. The van der Waals surface area contributed by atoms with Crippen molar-refractivity contribution in [2.45, 2.75) is 36.7 Å². The Morgan fingerprint density at radius 1 is 1.35 bits per heavy atom. The van der Waals surface area contributed by atoms with Gasteiger partial charge in [0.25, 0.3) is 5.91 Å². The van der Waals surface area contributed by atoms with Crippen LogP contribution in [-0.2, 0) is 10.0 Å². The number of benzene rings is 1. The molecule has 0 saturated carbocycles. The molecule has 140 valence electrons. The Morgan fingerprint density at radius 2 is 2.08 bits per heavy atom. The van der Waals surface area contributed by atoms with E-state index in [0.29, 0.717) is 5.69 Å². The van der Waals surface area contributed by atoms with Gasteiger partial charge in [-0.1, -0.05) is 12.1 Å². The highest BCUT2D eigenvalue weighted by Gasteiger charge is 2.19. The average Bonchev–Trinajstić information content (AvgIpc) is 3.12. The monoisotopic (exact) mass is 377 g/mol. The van der Waals surface area contributed by atoms with Gasteiger partial charge < -0.3 is 10.6 Å². The number of nitrogens with one attached hydrogen (secondary N) is 2. The molecule has 0 aliphatic carbocycles. The minimum absolute atomic E-state index is 0.0413. The largest absolute Gasteiger partial charge is 0.344 e. The molecule has 1 aliphatic rings. The summed E-state index contributed by atoms with van der Waals surface area (Å²) in [6.07, 6.45) is 3.97. The summed E-state index contributed by atoms with van der Waals surface area (Å²) in [7, 11) is -3.72. The van der Waals surface area contributed by atoms with Crippen molar-refractivity contribution in [3.8, 4) is 0 Å². The standard InChI is InChI=1S/C17H23N5O3S/c1-12(13-4-6-15(7-5-13)26(18,24)25)20-17(23)16-8-10-22(21-16)14-3-2-9-19-11-14/h4-8,10,12,14,19H,2-3,9,11H2,1H3,(H,20,23)(H2,18,24,25). The van der Waals surface area contributed by atoms with Gasteiger partial charge in [-0.05, 0) is 50.1 Å². The van der Waals surface area contributed by atoms with Gasteiger partial charge in [0.2, 0.25) is 10.0 Å². The quantitative estimate of drug-likeness (QED) is 0.717. The lowest BCUT2D eigenvalue weighted by atomic mass is 10.1. The van der Waals surface area contributed by atoms with E-state index >= 15 is 0 Å². The van der Waals surface area contributed by atoms with E-state index in [4.69, 9.17) is 5.14 Å². The number of nitrogens with zero attached hydrogens (tertiary/aromatic N) is 2. The van der Waals surface area contributed by atoms with Crippen LogP contribution in [0.1, 0.15) is 47.9 Å². The van der Waals surface area contributed by atoms with E-state index in [1.165, 1.54) is 12.1 Å². The molecule has 8 nitrogen and oxygen atoms in total. The van der Waals surface area contributed by atoms with Crippen LogP contribution in [0.25, 0.3) is 0 Å². The normalized spacial score (nSPS) is 19.1. The number of hydrogen-bond acceptors (Lipinski definition) is 5. The van der Waals surface area contributed by atoms with Crippen molar-refractivity contribution in [3.05, 3.63) is 47.8 Å². The van der Waals surface area contributed by atoms with E-state index < -0.39 is 10.0 Å². The molecule has 1 aromatic heterocycles. The predicted octanol–water partition coefficient (Wildman–Crippen LogP) is 0.946. The molecule has 26 heavy (non-hydrogen) atoms. The van der Waals surface area contributed by atoms with Crippen molar-refractivity contribution < 1.29 is 13.2 Å². The van der Waals surface area contributed by atoms with Crippen LogP contribution in [0, 0.1) is 0 Å². The third-order valence-electron chi connectivity index (χ3n) is 4.54. The molecule has 2 unspecified atom stereocenters. The van der Waals surface area contributed by atoms with E-state index in [1.807, 2.05) is 17.8 Å². The number of carbonyl (C=O) groups excluding carboxylic acids is 1. The molecular formula is C17H23N5O3S. The van der Waals surface area contributed by atoms with Crippen LogP contribution >= 0.6 is 0 Å². The third kappa shape index (κ3) is 4.29. The fraction of sp³-hybridized carbons (Fsp3) is 0.412. The van der Waals surface area contributed by atoms with Gasteiger partial charge >= 0.3 is 0 Å². The Morgan fingerprint density at radius 3 is 2.69 bits per heavy atom. The molecule has 2 atom stereocenters. The molecule has 4 N–H and O–H groups in total. The van der Waals surface area contributed by atoms with Gasteiger partial charge in [-0.3, -0.25) is 9.48 Å². The Kier molecular flexibility index (Phi) is 5.40. The van der Waals surface area contributed by atoms with Crippen molar-refractivity contribution in [3.63, 3.8) is 0 Å². The Hall–Kier alpha value is -2.23. The van der Waals surface area contributed by atoms with Crippen LogP contribution in [0.2, 0.25) is 0 Å². The van der Waals surface area contributed by atoms with Gasteiger partial charge in [0, 0.05) is 12.7 Å². The molecule has 0 spiro atoms. The van der Waals surface area contributed by atoms with Gasteiger partial charge in [0.1, 0.15) is 5.69 Å². The number of aromatic nitrogens is 2. The second-order valence-corrected chi connectivity index (χ2v) is 8.05. The topological polar surface area (TPSA) is 119 Å². The molecule has 2 heterocycles. The van der Waals surface area contributed by atoms with Gasteiger partial charge in [0.05, 0.1) is 17.0 Å². The first-order valence-corrected chi connectivity index (χ1v) is 10.1. The molecule has 0 bridgehead atoms. The number of amides is 1. The van der Waals surface area contributed by atoms with Gasteiger partial charge in [-0.15, -0.1) is 0 Å². The molecule has 1 aromatic carbocycles. The van der Waals surface area contributed by atoms with E-state index in [9.17, 15) is 13.2 Å². The zero-order valence-corrected chi connectivity index (χ0v) is 15.4. The minimum atomic E-state index is -3.72. The summed E-state index contributed by atoms with van der Waals surface area (Å²) >= 11 is 0. The maximum absolute atomic E-state index is 12.4. The molecular weight excluding hydrogens is 354 g/mol. The number of primary sulfonamides is 1. The van der Waals surface area contributed by atoms with E-state index in [1.54, 1.807) is 18.2 Å². The summed E-state index contributed by atoms with van der Waals surface area (Å²) in [6, 6.07) is 7.82. The van der Waals surface area contributed by atoms with Crippen molar-refractivity contribution in [1.29, 1.82) is 0 Å².